The highest BCUT2D eigenvalue weighted by Crippen LogP contribution is 2.16. The van der Waals surface area contributed by atoms with Crippen LogP contribution in [0.3, 0.4) is 0 Å². The molecule has 21 heavy (non-hydrogen) atoms. The first kappa shape index (κ1) is 15.0. The van der Waals surface area contributed by atoms with Crippen LogP contribution in [0, 0.1) is 0 Å². The van der Waals surface area contributed by atoms with Crippen LogP contribution < -0.4 is 15.0 Å². The van der Waals surface area contributed by atoms with Crippen molar-refractivity contribution >= 4 is 11.9 Å². The van der Waals surface area contributed by atoms with E-state index in [1.807, 2.05) is 44.1 Å². The van der Waals surface area contributed by atoms with Crippen molar-refractivity contribution in [3.05, 3.63) is 30.1 Å². The van der Waals surface area contributed by atoms with Crippen LogP contribution in [0.4, 0.5) is 11.9 Å². The van der Waals surface area contributed by atoms with Crippen molar-refractivity contribution in [1.29, 1.82) is 0 Å². The molecule has 0 aliphatic carbocycles. The molecule has 0 spiro atoms. The van der Waals surface area contributed by atoms with E-state index in [0.717, 1.165) is 5.56 Å². The van der Waals surface area contributed by atoms with Crippen LogP contribution in [0.1, 0.15) is 19.4 Å². The Hall–Kier alpha value is -2.44. The summed E-state index contributed by atoms with van der Waals surface area (Å²) in [4.78, 5) is 18.9. The third kappa shape index (κ3) is 4.27. The van der Waals surface area contributed by atoms with E-state index in [0.29, 0.717) is 24.5 Å². The topological polar surface area (TPSA) is 76.1 Å². The number of aromatic nitrogens is 4. The van der Waals surface area contributed by atoms with Gasteiger partial charge in [0.05, 0.1) is 6.10 Å². The van der Waals surface area contributed by atoms with Gasteiger partial charge in [0, 0.05) is 33.0 Å². The summed E-state index contributed by atoms with van der Waals surface area (Å²) < 4.78 is 5.56. The molecule has 2 aromatic rings. The van der Waals surface area contributed by atoms with Gasteiger partial charge in [0.15, 0.2) is 0 Å². The number of ether oxygens (including phenoxy) is 1. The summed E-state index contributed by atoms with van der Waals surface area (Å²) in [5.41, 5.74) is 1.08. The minimum absolute atomic E-state index is 0.00795. The number of rotatable bonds is 6. The smallest absolute Gasteiger partial charge is 0.323 e. The lowest BCUT2D eigenvalue weighted by atomic mass is 10.3. The molecule has 0 fully saturated rings. The second-order valence-electron chi connectivity index (χ2n) is 4.88. The minimum atomic E-state index is 0.00795. The fourth-order valence-corrected chi connectivity index (χ4v) is 1.73. The fourth-order valence-electron chi connectivity index (χ4n) is 1.73. The molecule has 112 valence electrons. The molecular formula is C14H20N6O. The zero-order valence-electron chi connectivity index (χ0n) is 12.7. The van der Waals surface area contributed by atoms with E-state index in [4.69, 9.17) is 4.74 Å². The second-order valence-corrected chi connectivity index (χ2v) is 4.88. The van der Waals surface area contributed by atoms with Gasteiger partial charge in [0.25, 0.3) is 0 Å². The normalized spacial score (nSPS) is 10.5. The Kier molecular flexibility index (Phi) is 4.86. The molecule has 0 unspecified atom stereocenters. The Bertz CT molecular complexity index is 575. The molecule has 0 bridgehead atoms. The van der Waals surface area contributed by atoms with Crippen LogP contribution in [-0.4, -0.2) is 40.1 Å². The van der Waals surface area contributed by atoms with Crippen molar-refractivity contribution in [3.63, 3.8) is 0 Å². The molecule has 0 atom stereocenters. The van der Waals surface area contributed by atoms with Gasteiger partial charge < -0.3 is 15.0 Å². The zero-order valence-corrected chi connectivity index (χ0v) is 12.7. The fraction of sp³-hybridized carbons (Fsp3) is 0.429. The molecular weight excluding hydrogens is 268 g/mol. The average Bonchev–Trinajstić information content (AvgIpc) is 2.47. The number of hydrogen-bond donors (Lipinski definition) is 1. The number of hydrogen-bond acceptors (Lipinski definition) is 7. The average molecular weight is 288 g/mol. The Labute approximate surface area is 124 Å². The summed E-state index contributed by atoms with van der Waals surface area (Å²) >= 11 is 0. The van der Waals surface area contributed by atoms with E-state index in [1.54, 1.807) is 13.2 Å². The standard InChI is InChI=1S/C14H20N6O/c1-10(2)21-14-18-12(15-3)17-13(19-14)20(4)9-11-6-5-7-16-8-11/h5-8,10H,9H2,1-4H3,(H,15,17,18,19). The maximum absolute atomic E-state index is 5.56. The molecule has 0 aromatic carbocycles. The summed E-state index contributed by atoms with van der Waals surface area (Å²) in [5.74, 6) is 1.03. The van der Waals surface area contributed by atoms with Crippen molar-refractivity contribution in [2.24, 2.45) is 0 Å². The van der Waals surface area contributed by atoms with Gasteiger partial charge in [-0.05, 0) is 25.5 Å². The maximum Gasteiger partial charge on any atom is 0.323 e. The van der Waals surface area contributed by atoms with Crippen molar-refractivity contribution < 1.29 is 4.74 Å². The van der Waals surface area contributed by atoms with E-state index >= 15 is 0 Å². The Morgan fingerprint density at radius 3 is 2.71 bits per heavy atom. The van der Waals surface area contributed by atoms with E-state index in [9.17, 15) is 0 Å². The van der Waals surface area contributed by atoms with E-state index in [2.05, 4.69) is 25.3 Å². The molecule has 0 amide bonds. The first-order valence-corrected chi connectivity index (χ1v) is 6.79. The number of nitrogens with one attached hydrogen (secondary N) is 1. The Morgan fingerprint density at radius 2 is 2.10 bits per heavy atom. The quantitative estimate of drug-likeness (QED) is 0.867. The van der Waals surface area contributed by atoms with Crippen molar-refractivity contribution in [3.8, 4) is 6.01 Å². The molecule has 0 aliphatic rings. The predicted molar refractivity (Wildman–Crippen MR) is 81.5 cm³/mol. The van der Waals surface area contributed by atoms with E-state index in [-0.39, 0.29) is 6.10 Å². The molecule has 0 saturated carbocycles. The number of anilines is 2. The van der Waals surface area contributed by atoms with Crippen LogP contribution in [0.25, 0.3) is 0 Å². The van der Waals surface area contributed by atoms with Gasteiger partial charge in [-0.2, -0.15) is 15.0 Å². The highest BCUT2D eigenvalue weighted by atomic mass is 16.5. The highest BCUT2D eigenvalue weighted by molar-refractivity contribution is 5.38. The van der Waals surface area contributed by atoms with Crippen LogP contribution in [0.5, 0.6) is 6.01 Å². The van der Waals surface area contributed by atoms with Crippen molar-refractivity contribution in [1.82, 2.24) is 19.9 Å². The zero-order chi connectivity index (χ0) is 15.2. The summed E-state index contributed by atoms with van der Waals surface area (Å²) in [6, 6.07) is 4.23. The molecule has 7 heteroatoms. The Morgan fingerprint density at radius 1 is 1.29 bits per heavy atom. The second kappa shape index (κ2) is 6.83. The molecule has 2 rings (SSSR count). The van der Waals surface area contributed by atoms with E-state index in [1.165, 1.54) is 0 Å². The minimum Gasteiger partial charge on any atom is -0.461 e. The molecule has 0 radical (unpaired) electrons. The van der Waals surface area contributed by atoms with Crippen LogP contribution in [-0.2, 0) is 6.54 Å². The summed E-state index contributed by atoms with van der Waals surface area (Å²) in [6.45, 7) is 4.52. The molecule has 1 N–H and O–H groups in total. The van der Waals surface area contributed by atoms with Crippen LogP contribution >= 0.6 is 0 Å². The van der Waals surface area contributed by atoms with Gasteiger partial charge in [-0.25, -0.2) is 0 Å². The molecule has 7 nitrogen and oxygen atoms in total. The summed E-state index contributed by atoms with van der Waals surface area (Å²) in [6.07, 6.45) is 3.58. The van der Waals surface area contributed by atoms with E-state index < -0.39 is 0 Å². The largest absolute Gasteiger partial charge is 0.461 e. The summed E-state index contributed by atoms with van der Waals surface area (Å²) in [7, 11) is 3.68. The predicted octanol–water partition coefficient (Wildman–Crippen LogP) is 1.73. The van der Waals surface area contributed by atoms with Crippen molar-refractivity contribution in [2.45, 2.75) is 26.5 Å². The summed E-state index contributed by atoms with van der Waals surface area (Å²) in [5, 5.41) is 2.92. The number of nitrogens with zero attached hydrogens (tertiary/aromatic N) is 5. The lowest BCUT2D eigenvalue weighted by Gasteiger charge is -2.18. The first-order chi connectivity index (χ1) is 10.1. The number of pyridine rings is 1. The Balaban J connectivity index is 2.21. The van der Waals surface area contributed by atoms with Gasteiger partial charge in [0.1, 0.15) is 0 Å². The SMILES string of the molecule is CNc1nc(OC(C)C)nc(N(C)Cc2cccnc2)n1. The van der Waals surface area contributed by atoms with Gasteiger partial charge in [-0.15, -0.1) is 0 Å². The monoisotopic (exact) mass is 288 g/mol. The highest BCUT2D eigenvalue weighted by Gasteiger charge is 2.12. The van der Waals surface area contributed by atoms with Gasteiger partial charge in [0.2, 0.25) is 11.9 Å². The van der Waals surface area contributed by atoms with Crippen LogP contribution in [0.2, 0.25) is 0 Å². The molecule has 0 saturated heterocycles. The lowest BCUT2D eigenvalue weighted by Crippen LogP contribution is -2.21. The van der Waals surface area contributed by atoms with Gasteiger partial charge in [-0.3, -0.25) is 4.98 Å². The molecule has 2 aromatic heterocycles. The van der Waals surface area contributed by atoms with Gasteiger partial charge >= 0.3 is 6.01 Å². The third-order valence-electron chi connectivity index (χ3n) is 2.65. The third-order valence-corrected chi connectivity index (χ3v) is 2.65. The molecule has 2 heterocycles. The maximum atomic E-state index is 5.56. The van der Waals surface area contributed by atoms with Crippen LogP contribution in [0.15, 0.2) is 24.5 Å². The van der Waals surface area contributed by atoms with Crippen molar-refractivity contribution in [2.75, 3.05) is 24.3 Å². The molecule has 0 aliphatic heterocycles. The van der Waals surface area contributed by atoms with Gasteiger partial charge in [-0.1, -0.05) is 6.07 Å². The lowest BCUT2D eigenvalue weighted by molar-refractivity contribution is 0.222. The first-order valence-electron chi connectivity index (χ1n) is 6.79.